The van der Waals surface area contributed by atoms with Crippen molar-refractivity contribution >= 4 is 33.2 Å². The third kappa shape index (κ3) is 6.58. The number of anilines is 1. The molecule has 2 heterocycles. The van der Waals surface area contributed by atoms with Crippen molar-refractivity contribution in [3.63, 3.8) is 0 Å². The molecule has 1 saturated carbocycles. The van der Waals surface area contributed by atoms with Gasteiger partial charge in [0.2, 0.25) is 15.8 Å². The zero-order valence-corrected chi connectivity index (χ0v) is 25.0. The number of sulfonamides is 1. The number of aromatic nitrogens is 2. The van der Waals surface area contributed by atoms with E-state index < -0.39 is 15.6 Å². The fourth-order valence-corrected chi connectivity index (χ4v) is 6.44. The second kappa shape index (κ2) is 11.5. The highest BCUT2D eigenvalue weighted by Gasteiger charge is 2.39. The van der Waals surface area contributed by atoms with E-state index in [2.05, 4.69) is 12.0 Å². The van der Waals surface area contributed by atoms with Crippen molar-refractivity contribution in [3.8, 4) is 11.4 Å². The first kappa shape index (κ1) is 29.1. The van der Waals surface area contributed by atoms with E-state index in [1.807, 2.05) is 4.90 Å². The first-order valence-electron chi connectivity index (χ1n) is 13.5. The molecular weight excluding hydrogens is 566 g/mol. The summed E-state index contributed by atoms with van der Waals surface area (Å²) in [6.45, 7) is 3.76. The summed E-state index contributed by atoms with van der Waals surface area (Å²) in [5.74, 6) is -0.185. The van der Waals surface area contributed by atoms with Gasteiger partial charge in [-0.05, 0) is 48.7 Å². The number of benzene rings is 2. The van der Waals surface area contributed by atoms with Gasteiger partial charge in [0, 0.05) is 56.3 Å². The molecule has 218 valence electrons. The van der Waals surface area contributed by atoms with Crippen molar-refractivity contribution in [1.82, 2.24) is 19.0 Å². The molecule has 0 bridgehead atoms. The maximum Gasteiger partial charge on any atom is 0.316 e. The van der Waals surface area contributed by atoms with Gasteiger partial charge in [-0.15, -0.1) is 0 Å². The van der Waals surface area contributed by atoms with Crippen molar-refractivity contribution in [1.29, 1.82) is 0 Å². The monoisotopic (exact) mass is 599 g/mol. The molecule has 1 aliphatic carbocycles. The fourth-order valence-electron chi connectivity index (χ4n) is 4.75. The number of hydrogen-bond donors (Lipinski definition) is 0. The topological polar surface area (TPSA) is 105 Å². The van der Waals surface area contributed by atoms with Crippen molar-refractivity contribution in [2.24, 2.45) is 5.41 Å². The van der Waals surface area contributed by atoms with E-state index in [0.29, 0.717) is 47.2 Å². The molecule has 5 rings (SSSR count). The van der Waals surface area contributed by atoms with Crippen LogP contribution in [0.4, 0.5) is 5.69 Å². The Balaban J connectivity index is 1.34. The zero-order chi connectivity index (χ0) is 29.4. The van der Waals surface area contributed by atoms with Crippen LogP contribution >= 0.6 is 11.6 Å². The molecule has 41 heavy (non-hydrogen) atoms. The second-order valence-corrected chi connectivity index (χ2v) is 13.6. The Morgan fingerprint density at radius 2 is 1.78 bits per heavy atom. The van der Waals surface area contributed by atoms with Crippen LogP contribution in [0.15, 0.2) is 59.5 Å². The number of carbonyl (C=O) groups excluding carboxylic acids is 1. The first-order valence-corrected chi connectivity index (χ1v) is 15.5. The lowest BCUT2D eigenvalue weighted by Crippen LogP contribution is -2.49. The van der Waals surface area contributed by atoms with Crippen LogP contribution < -0.4 is 15.2 Å². The first-order chi connectivity index (χ1) is 19.5. The van der Waals surface area contributed by atoms with Gasteiger partial charge in [0.25, 0.3) is 5.91 Å². The predicted octanol–water partition coefficient (Wildman–Crippen LogP) is 3.42. The molecule has 3 aromatic rings. The normalized spacial score (nSPS) is 16.8. The molecule has 2 aromatic carbocycles. The summed E-state index contributed by atoms with van der Waals surface area (Å²) in [6.07, 6.45) is 3.68. The summed E-state index contributed by atoms with van der Waals surface area (Å²) < 4.78 is 35.5. The molecule has 1 amide bonds. The predicted molar refractivity (Wildman–Crippen MR) is 159 cm³/mol. The van der Waals surface area contributed by atoms with Gasteiger partial charge >= 0.3 is 5.56 Å². The van der Waals surface area contributed by atoms with Crippen LogP contribution in [0.3, 0.4) is 0 Å². The molecular formula is C29H34ClN5O5S. The van der Waals surface area contributed by atoms with Gasteiger partial charge in [-0.25, -0.2) is 8.42 Å². The summed E-state index contributed by atoms with van der Waals surface area (Å²) in [5.41, 5.74) is 1.73. The minimum Gasteiger partial charge on any atom is -0.486 e. The number of ether oxygens (including phenoxy) is 1. The zero-order valence-electron chi connectivity index (χ0n) is 23.4. The van der Waals surface area contributed by atoms with Gasteiger partial charge in [-0.2, -0.15) is 14.1 Å². The van der Waals surface area contributed by atoms with Crippen molar-refractivity contribution < 1.29 is 17.9 Å². The maximum absolute atomic E-state index is 13.6. The van der Waals surface area contributed by atoms with Gasteiger partial charge in [0.1, 0.15) is 5.69 Å². The largest absolute Gasteiger partial charge is 0.486 e. The van der Waals surface area contributed by atoms with Gasteiger partial charge < -0.3 is 14.5 Å². The minimum absolute atomic E-state index is 0.0507. The third-order valence-corrected chi connectivity index (χ3v) is 9.62. The van der Waals surface area contributed by atoms with Crippen LogP contribution in [0.1, 0.15) is 35.7 Å². The number of halogens is 1. The number of piperazine rings is 1. The van der Waals surface area contributed by atoms with Crippen LogP contribution in [-0.2, 0) is 15.8 Å². The van der Waals surface area contributed by atoms with E-state index in [9.17, 15) is 18.0 Å². The Morgan fingerprint density at radius 3 is 2.44 bits per heavy atom. The Labute approximate surface area is 245 Å². The SMILES string of the molecule is CN(C)C(=O)c1cccc(CS(=O)(=O)N2CCN(c3cnn(-c4cccc(Cl)c4)c(=O)c3OCC3(C)CC3)CC2)c1. The van der Waals surface area contributed by atoms with E-state index >= 15 is 0 Å². The van der Waals surface area contributed by atoms with Crippen LogP contribution in [0.25, 0.3) is 5.69 Å². The number of amides is 1. The molecule has 10 nitrogen and oxygen atoms in total. The molecule has 0 N–H and O–H groups in total. The molecule has 0 spiro atoms. The Morgan fingerprint density at radius 1 is 1.07 bits per heavy atom. The Bertz CT molecular complexity index is 1610. The quantitative estimate of drug-likeness (QED) is 0.371. The van der Waals surface area contributed by atoms with Crippen LogP contribution in [0.2, 0.25) is 5.02 Å². The average molecular weight is 600 g/mol. The van der Waals surface area contributed by atoms with Crippen molar-refractivity contribution in [2.45, 2.75) is 25.5 Å². The van der Waals surface area contributed by atoms with Crippen molar-refractivity contribution in [2.75, 3.05) is 51.8 Å². The Kier molecular flexibility index (Phi) is 8.13. The molecule has 12 heteroatoms. The summed E-state index contributed by atoms with van der Waals surface area (Å²) in [5, 5.41) is 4.89. The van der Waals surface area contributed by atoms with Crippen LogP contribution in [-0.4, -0.2) is 80.2 Å². The second-order valence-electron chi connectivity index (χ2n) is 11.2. The number of nitrogens with zero attached hydrogens (tertiary/aromatic N) is 5. The van der Waals surface area contributed by atoms with Crippen LogP contribution in [0, 0.1) is 5.41 Å². The lowest BCUT2D eigenvalue weighted by molar-refractivity contribution is 0.0827. The number of rotatable bonds is 9. The van der Waals surface area contributed by atoms with E-state index in [-0.39, 0.29) is 35.9 Å². The molecule has 1 aromatic heterocycles. The highest BCUT2D eigenvalue weighted by atomic mass is 35.5. The van der Waals surface area contributed by atoms with Gasteiger partial charge in [-0.3, -0.25) is 9.59 Å². The van der Waals surface area contributed by atoms with Gasteiger partial charge in [-0.1, -0.05) is 36.7 Å². The average Bonchev–Trinajstić information content (AvgIpc) is 3.68. The maximum atomic E-state index is 13.6. The Hall–Kier alpha value is -3.41. The van der Waals surface area contributed by atoms with Gasteiger partial charge in [0.15, 0.2) is 0 Å². The minimum atomic E-state index is -3.63. The summed E-state index contributed by atoms with van der Waals surface area (Å²) in [7, 11) is -0.324. The third-order valence-electron chi connectivity index (χ3n) is 7.54. The molecule has 1 aliphatic heterocycles. The molecule has 2 aliphatic rings. The number of hydrogen-bond acceptors (Lipinski definition) is 7. The fraction of sp³-hybridized carbons (Fsp3) is 0.414. The summed E-state index contributed by atoms with van der Waals surface area (Å²) in [6, 6.07) is 13.6. The van der Waals surface area contributed by atoms with Crippen molar-refractivity contribution in [3.05, 3.63) is 81.2 Å². The van der Waals surface area contributed by atoms with Crippen LogP contribution in [0.5, 0.6) is 5.75 Å². The van der Waals surface area contributed by atoms with Gasteiger partial charge in [0.05, 0.1) is 24.2 Å². The molecule has 0 unspecified atom stereocenters. The standard InChI is InChI=1S/C29H34ClN5O5S/c1-29(10-11-29)20-40-26-25(18-31-35(28(26)37)24-9-5-8-23(30)17-24)33-12-14-34(15-13-33)41(38,39)19-21-6-4-7-22(16-21)27(36)32(2)3/h4-9,16-18H,10-15,19-20H2,1-3H3. The number of carbonyl (C=O) groups is 1. The smallest absolute Gasteiger partial charge is 0.316 e. The molecule has 0 atom stereocenters. The molecule has 1 saturated heterocycles. The molecule has 0 radical (unpaired) electrons. The van der Waals surface area contributed by atoms with E-state index in [0.717, 1.165) is 12.8 Å². The highest BCUT2D eigenvalue weighted by Crippen LogP contribution is 2.45. The lowest BCUT2D eigenvalue weighted by atomic mass is 10.1. The summed E-state index contributed by atoms with van der Waals surface area (Å²) >= 11 is 6.15. The van der Waals surface area contributed by atoms with E-state index in [4.69, 9.17) is 16.3 Å². The molecule has 2 fully saturated rings. The van der Waals surface area contributed by atoms with E-state index in [1.165, 1.54) is 13.9 Å². The summed E-state index contributed by atoms with van der Waals surface area (Å²) in [4.78, 5) is 29.3. The van der Waals surface area contributed by atoms with E-state index in [1.54, 1.807) is 68.8 Å². The highest BCUT2D eigenvalue weighted by molar-refractivity contribution is 7.88. The lowest BCUT2D eigenvalue weighted by Gasteiger charge is -2.35.